The fourth-order valence-electron chi connectivity index (χ4n) is 3.63. The molecular weight excluding hydrogens is 449 g/mol. The third kappa shape index (κ3) is 4.96. The molecule has 0 spiro atoms. The summed E-state index contributed by atoms with van der Waals surface area (Å²) in [7, 11) is -0.773. The van der Waals surface area contributed by atoms with Gasteiger partial charge in [0.1, 0.15) is 12.1 Å². The van der Waals surface area contributed by atoms with Crippen LogP contribution in [0.2, 0.25) is 0 Å². The van der Waals surface area contributed by atoms with Gasteiger partial charge < -0.3 is 15.0 Å². The fraction of sp³-hybridized carbons (Fsp3) is 0.217. The Morgan fingerprint density at radius 2 is 1.94 bits per heavy atom. The van der Waals surface area contributed by atoms with Crippen molar-refractivity contribution in [2.24, 2.45) is 0 Å². The van der Waals surface area contributed by atoms with Crippen LogP contribution in [-0.2, 0) is 16.6 Å². The maximum absolute atomic E-state index is 14.6. The third-order valence-corrected chi connectivity index (χ3v) is 7.08. The summed E-state index contributed by atoms with van der Waals surface area (Å²) in [4.78, 5) is 22.1. The molecule has 0 aliphatic rings. The van der Waals surface area contributed by atoms with Crippen molar-refractivity contribution in [1.29, 1.82) is 0 Å². The molecule has 3 aromatic rings. The van der Waals surface area contributed by atoms with Crippen LogP contribution in [0, 0.1) is 6.92 Å². The van der Waals surface area contributed by atoms with E-state index in [1.54, 1.807) is 47.9 Å². The van der Waals surface area contributed by atoms with E-state index in [0.717, 1.165) is 10.4 Å². The highest BCUT2D eigenvalue weighted by atomic mass is 32.2. The number of carboxylic acid groups (broad SMARTS) is 1. The number of nitrogens with one attached hydrogen (secondary N) is 1. The number of aldehydes is 1. The maximum atomic E-state index is 14.6. The number of carbonyl (C=O) groups is 2. The summed E-state index contributed by atoms with van der Waals surface area (Å²) in [6.45, 7) is 1.46. The van der Waals surface area contributed by atoms with Crippen molar-refractivity contribution in [3.8, 4) is 11.1 Å². The number of sulfonamides is 1. The normalized spacial score (nSPS) is 12.3. The van der Waals surface area contributed by atoms with E-state index in [2.05, 4.69) is 5.32 Å². The first-order valence-electron chi connectivity index (χ1n) is 9.98. The van der Waals surface area contributed by atoms with Crippen LogP contribution in [0.15, 0.2) is 59.3 Å². The van der Waals surface area contributed by atoms with E-state index in [1.807, 2.05) is 0 Å². The Hall–Kier alpha value is -3.50. The highest BCUT2D eigenvalue weighted by Crippen LogP contribution is 2.36. The average molecular weight is 474 g/mol. The van der Waals surface area contributed by atoms with E-state index in [0.29, 0.717) is 39.6 Å². The van der Waals surface area contributed by atoms with Crippen LogP contribution in [0.5, 0.6) is 0 Å². The zero-order chi connectivity index (χ0) is 24.3. The number of nitrogens with zero attached hydrogens (tertiary/aromatic N) is 2. The number of halogens is 1. The molecule has 10 heteroatoms. The lowest BCUT2D eigenvalue weighted by molar-refractivity contribution is 0.112. The Balaban J connectivity index is 2.18. The molecule has 2 N–H and O–H groups in total. The quantitative estimate of drug-likeness (QED) is 0.484. The van der Waals surface area contributed by atoms with Crippen molar-refractivity contribution >= 4 is 33.3 Å². The van der Waals surface area contributed by atoms with E-state index in [1.165, 1.54) is 20.2 Å². The molecule has 3 rings (SSSR count). The predicted molar refractivity (Wildman–Crippen MR) is 124 cm³/mol. The molecule has 0 bridgehead atoms. The number of hydrogen-bond acceptors (Lipinski definition) is 4. The predicted octanol–water partition coefficient (Wildman–Crippen LogP) is 3.80. The molecule has 0 aliphatic carbocycles. The number of amides is 1. The van der Waals surface area contributed by atoms with E-state index < -0.39 is 21.9 Å². The molecule has 0 aliphatic heterocycles. The van der Waals surface area contributed by atoms with Crippen molar-refractivity contribution in [3.63, 3.8) is 0 Å². The lowest BCUT2D eigenvalue weighted by Gasteiger charge is -2.13. The second-order valence-electron chi connectivity index (χ2n) is 7.59. The summed E-state index contributed by atoms with van der Waals surface area (Å²) < 4.78 is 42.7. The highest BCUT2D eigenvalue weighted by Gasteiger charge is 2.21. The number of allylic oxidation sites excluding steroid dienone is 1. The zero-order valence-electron chi connectivity index (χ0n) is 18.4. The molecule has 1 heterocycles. The van der Waals surface area contributed by atoms with Crippen molar-refractivity contribution < 1.29 is 27.5 Å². The summed E-state index contributed by atoms with van der Waals surface area (Å²) in [6, 6.07) is 11.5. The Labute approximate surface area is 191 Å². The smallest absolute Gasteiger partial charge is 0.404 e. The van der Waals surface area contributed by atoms with E-state index in [-0.39, 0.29) is 18.0 Å². The van der Waals surface area contributed by atoms with E-state index >= 15 is 0 Å². The molecule has 0 atom stereocenters. The van der Waals surface area contributed by atoms with Gasteiger partial charge in [0.05, 0.1) is 11.4 Å². The Kier molecular flexibility index (Phi) is 6.99. The topological polar surface area (TPSA) is 109 Å². The van der Waals surface area contributed by atoms with Crippen molar-refractivity contribution in [2.45, 2.75) is 18.4 Å². The van der Waals surface area contributed by atoms with Gasteiger partial charge in [-0.3, -0.25) is 4.79 Å². The summed E-state index contributed by atoms with van der Waals surface area (Å²) in [5.41, 5.74) is 3.05. The van der Waals surface area contributed by atoms with Gasteiger partial charge in [-0.1, -0.05) is 12.1 Å². The van der Waals surface area contributed by atoms with Gasteiger partial charge >= 0.3 is 6.09 Å². The molecule has 0 saturated heterocycles. The Morgan fingerprint density at radius 3 is 2.58 bits per heavy atom. The monoisotopic (exact) mass is 473 g/mol. The van der Waals surface area contributed by atoms with E-state index in [4.69, 9.17) is 5.11 Å². The van der Waals surface area contributed by atoms with Gasteiger partial charge in [0, 0.05) is 48.4 Å². The number of carbonyl (C=O) groups excluding carboxylic acids is 1. The largest absolute Gasteiger partial charge is 0.465 e. The molecule has 174 valence electrons. The maximum Gasteiger partial charge on any atom is 0.404 e. The molecule has 1 amide bonds. The first-order valence-corrected chi connectivity index (χ1v) is 11.4. The van der Waals surface area contributed by atoms with Gasteiger partial charge in [-0.25, -0.2) is 21.9 Å². The lowest BCUT2D eigenvalue weighted by Crippen LogP contribution is -2.22. The molecule has 0 saturated carbocycles. The minimum Gasteiger partial charge on any atom is -0.465 e. The Bertz CT molecular complexity index is 1360. The lowest BCUT2D eigenvalue weighted by atomic mass is 10.0. The molecular formula is C23H24FN3O5S. The highest BCUT2D eigenvalue weighted by molar-refractivity contribution is 7.89. The number of benzene rings is 2. The Morgan fingerprint density at radius 1 is 1.21 bits per heavy atom. The molecule has 1 aromatic heterocycles. The molecule has 33 heavy (non-hydrogen) atoms. The van der Waals surface area contributed by atoms with Crippen molar-refractivity contribution in [2.75, 3.05) is 20.6 Å². The average Bonchev–Trinajstić information content (AvgIpc) is 3.03. The second-order valence-corrected chi connectivity index (χ2v) is 9.75. The van der Waals surface area contributed by atoms with Crippen LogP contribution in [-0.4, -0.2) is 55.4 Å². The SMILES string of the molecule is Cc1c(-c2cccc(S(=O)(=O)N(C)C)c2)c2cc(C=O)ccc2n1C/C(F)=C/CNC(=O)O. The van der Waals surface area contributed by atoms with Crippen LogP contribution < -0.4 is 5.32 Å². The number of fused-ring (bicyclic) bond motifs is 1. The van der Waals surface area contributed by atoms with Crippen LogP contribution >= 0.6 is 0 Å². The van der Waals surface area contributed by atoms with Crippen LogP contribution in [0.4, 0.5) is 9.18 Å². The van der Waals surface area contributed by atoms with Gasteiger partial charge in [-0.15, -0.1) is 0 Å². The van der Waals surface area contributed by atoms with Crippen molar-refractivity contribution in [3.05, 3.63) is 65.6 Å². The minimum absolute atomic E-state index is 0.114. The molecule has 0 fully saturated rings. The molecule has 8 nitrogen and oxygen atoms in total. The molecule has 2 aromatic carbocycles. The van der Waals surface area contributed by atoms with Crippen LogP contribution in [0.25, 0.3) is 22.0 Å². The third-order valence-electron chi connectivity index (χ3n) is 5.27. The van der Waals surface area contributed by atoms with Crippen molar-refractivity contribution in [1.82, 2.24) is 14.2 Å². The number of rotatable bonds is 8. The van der Waals surface area contributed by atoms with Crippen LogP contribution in [0.3, 0.4) is 0 Å². The van der Waals surface area contributed by atoms with Crippen LogP contribution in [0.1, 0.15) is 16.1 Å². The second kappa shape index (κ2) is 9.55. The van der Waals surface area contributed by atoms with Gasteiger partial charge in [-0.05, 0) is 48.9 Å². The van der Waals surface area contributed by atoms with Gasteiger partial charge in [-0.2, -0.15) is 0 Å². The van der Waals surface area contributed by atoms with Gasteiger partial charge in [0.15, 0.2) is 0 Å². The van der Waals surface area contributed by atoms with E-state index in [9.17, 15) is 22.4 Å². The number of hydrogen-bond donors (Lipinski definition) is 2. The zero-order valence-corrected chi connectivity index (χ0v) is 19.2. The van der Waals surface area contributed by atoms with Gasteiger partial charge in [0.25, 0.3) is 0 Å². The summed E-state index contributed by atoms with van der Waals surface area (Å²) in [5.74, 6) is -0.543. The standard InChI is InChI=1S/C23H24FN3O5S/c1-15-22(17-5-4-6-19(12-17)33(31,32)26(2)3)20-11-16(14-28)7-8-21(20)27(15)13-18(24)9-10-25-23(29)30/h4-9,11-12,14,25H,10,13H2,1-3H3,(H,29,30)/b18-9-. The molecule has 0 radical (unpaired) electrons. The fourth-order valence-corrected chi connectivity index (χ4v) is 4.58. The molecule has 0 unspecified atom stereocenters. The summed E-state index contributed by atoms with van der Waals surface area (Å²) in [5, 5.41) is 11.4. The first kappa shape index (κ1) is 24.1. The summed E-state index contributed by atoms with van der Waals surface area (Å²) in [6.07, 6.45) is 0.599. The summed E-state index contributed by atoms with van der Waals surface area (Å²) >= 11 is 0. The van der Waals surface area contributed by atoms with Gasteiger partial charge in [0.2, 0.25) is 10.0 Å². The first-order chi connectivity index (χ1) is 15.6. The number of aromatic nitrogens is 1. The minimum atomic E-state index is -3.67.